The van der Waals surface area contributed by atoms with Crippen molar-refractivity contribution < 1.29 is 19.9 Å². The predicted octanol–water partition coefficient (Wildman–Crippen LogP) is 1.73. The third-order valence-corrected chi connectivity index (χ3v) is 0.381. The quantitative estimate of drug-likeness (QED) is 0.530. The Labute approximate surface area is 111 Å². The fourth-order valence-electron chi connectivity index (χ4n) is 0.137. The maximum atomic E-state index is 9.53. The number of nitrogens with zero attached hydrogens (tertiary/aromatic N) is 1. The Morgan fingerprint density at radius 3 is 1.06 bits per heavy atom. The molecule has 0 unspecified atom stereocenters. The third-order valence-electron chi connectivity index (χ3n) is 0.381. The van der Waals surface area contributed by atoms with Gasteiger partial charge in [0.1, 0.15) is 0 Å². The first-order valence-corrected chi connectivity index (χ1v) is 4.35. The molecule has 0 fully saturated rings. The van der Waals surface area contributed by atoms with Crippen LogP contribution in [0.3, 0.4) is 0 Å². The van der Waals surface area contributed by atoms with Gasteiger partial charge in [-0.3, -0.25) is 0 Å². The molecule has 0 aromatic heterocycles. The lowest BCUT2D eigenvalue weighted by Gasteiger charge is -2.06. The van der Waals surface area contributed by atoms with Crippen LogP contribution >= 0.6 is 0 Å². The molecule has 0 atom stereocenters. The summed E-state index contributed by atoms with van der Waals surface area (Å²) in [6.45, 7) is 11.4. The minimum Gasteiger partial charge on any atom is -0.412 e. The van der Waals surface area contributed by atoms with Crippen molar-refractivity contribution in [1.82, 2.24) is 0 Å². The summed E-state index contributed by atoms with van der Waals surface area (Å²) in [5.74, 6) is 0. The van der Waals surface area contributed by atoms with Crippen LogP contribution in [0.25, 0.3) is 0 Å². The maximum absolute atomic E-state index is 9.53. The van der Waals surface area contributed by atoms with Crippen LogP contribution in [0.1, 0.15) is 56.4 Å². The first-order chi connectivity index (χ1) is 6.47. The molecule has 0 bridgehead atoms. The zero-order chi connectivity index (χ0) is 13.1. The summed E-state index contributed by atoms with van der Waals surface area (Å²) in [6, 6.07) is 0. The molecule has 18 heavy (non-hydrogen) atoms. The summed E-state index contributed by atoms with van der Waals surface area (Å²) in [4.78, 5) is 29.2. The second kappa shape index (κ2) is 18.1. The van der Waals surface area contributed by atoms with E-state index in [1.165, 1.54) is 6.08 Å². The van der Waals surface area contributed by atoms with Crippen molar-refractivity contribution in [3.05, 3.63) is 0 Å². The Hall–Kier alpha value is -1.32. The fraction of sp³-hybridized carbons (Fsp3) is 0.833. The topological polar surface area (TPSA) is 121 Å². The first-order valence-electron chi connectivity index (χ1n) is 4.35. The normalized spacial score (nSPS) is 7.72. The average Bonchev–Trinajstić information content (AvgIpc) is 1.80. The number of aliphatic imine (C=N–C) groups is 1. The molecule has 0 aromatic carbocycles. The molecule has 0 spiro atoms. The van der Waals surface area contributed by atoms with Crippen LogP contribution in [0.4, 0.5) is 0 Å². The van der Waals surface area contributed by atoms with Gasteiger partial charge in [-0.1, -0.05) is 14.9 Å². The van der Waals surface area contributed by atoms with E-state index in [4.69, 9.17) is 15.3 Å². The predicted molar refractivity (Wildman–Crippen MR) is 73.9 cm³/mol. The van der Waals surface area contributed by atoms with Crippen molar-refractivity contribution in [1.29, 1.82) is 0 Å². The summed E-state index contributed by atoms with van der Waals surface area (Å²) in [6.07, 6.45) is 1.73. The largest absolute Gasteiger partial charge is 0.412 e. The summed E-state index contributed by atoms with van der Waals surface area (Å²) >= 11 is 0. The van der Waals surface area contributed by atoms with Crippen LogP contribution in [0.15, 0.2) is 4.99 Å². The second-order valence-corrected chi connectivity index (χ2v) is 4.82. The highest BCUT2D eigenvalue weighted by Crippen LogP contribution is 2.02. The van der Waals surface area contributed by atoms with Crippen molar-refractivity contribution >= 4 is 12.2 Å². The molecule has 0 aromatic rings. The van der Waals surface area contributed by atoms with Crippen molar-refractivity contribution in [2.24, 2.45) is 10.7 Å². The molecule has 0 heterocycles. The lowest BCUT2D eigenvalue weighted by molar-refractivity contribution is -0.191. The Balaban J connectivity index is -0.0000000296. The van der Waals surface area contributed by atoms with Crippen molar-refractivity contribution in [3.8, 4) is 0 Å². The van der Waals surface area contributed by atoms with E-state index in [0.29, 0.717) is 0 Å². The van der Waals surface area contributed by atoms with Gasteiger partial charge < -0.3 is 11.2 Å². The summed E-state index contributed by atoms with van der Waals surface area (Å²) < 4.78 is 0. The number of hydrogen-bond donors (Lipinski definition) is 1. The van der Waals surface area contributed by atoms with Gasteiger partial charge in [-0.25, -0.2) is 9.79 Å². The van der Waals surface area contributed by atoms with E-state index < -0.39 is 0 Å². The molecule has 6 nitrogen and oxygen atoms in total. The van der Waals surface area contributed by atoms with Crippen LogP contribution in [0.5, 0.6) is 0 Å². The van der Waals surface area contributed by atoms with Gasteiger partial charge in [-0.15, -0.1) is 0 Å². The number of isocyanates is 1. The summed E-state index contributed by atoms with van der Waals surface area (Å²) in [5, 5.41) is 0. The molecule has 0 radical (unpaired) electrons. The highest BCUT2D eigenvalue weighted by Gasteiger charge is 2.04. The van der Waals surface area contributed by atoms with Gasteiger partial charge in [-0.2, -0.15) is 9.59 Å². The van der Waals surface area contributed by atoms with E-state index in [0.717, 1.165) is 0 Å². The zero-order valence-corrected chi connectivity index (χ0v) is 10.7. The number of rotatable bonds is 0. The monoisotopic (exact) mass is 266 g/mol. The maximum Gasteiger partial charge on any atom is 0.373 e. The van der Waals surface area contributed by atoms with Gasteiger partial charge in [0.2, 0.25) is 6.08 Å². The van der Waals surface area contributed by atoms with Gasteiger partial charge in [0.15, 0.2) is 0 Å². The molecule has 0 aliphatic rings. The van der Waals surface area contributed by atoms with Gasteiger partial charge >= 0.3 is 6.15 Å². The van der Waals surface area contributed by atoms with Crippen molar-refractivity contribution in [2.45, 2.75) is 67.5 Å². The van der Waals surface area contributed by atoms with Crippen LogP contribution < -0.4 is 5.73 Å². The Morgan fingerprint density at radius 2 is 1.06 bits per heavy atom. The molecule has 0 amide bonds. The van der Waals surface area contributed by atoms with Gasteiger partial charge in [0, 0.05) is 5.54 Å². The minimum atomic E-state index is -0.248. The Kier molecular flexibility index (Phi) is 36.1. The smallest absolute Gasteiger partial charge is 0.373 e. The lowest BCUT2D eigenvalue weighted by Crippen LogP contribution is -2.26. The molecule has 6 heteroatoms. The number of carbonyl (C=O) groups excluding carboxylic acids is 3. The molecular weight excluding hydrogens is 236 g/mol. The van der Waals surface area contributed by atoms with E-state index in [2.05, 4.69) is 4.99 Å². The molecule has 0 saturated heterocycles. The third kappa shape index (κ3) is 382. The summed E-state index contributed by atoms with van der Waals surface area (Å²) in [5.41, 5.74) is 5.11. The van der Waals surface area contributed by atoms with Crippen LogP contribution in [0, 0.1) is 0 Å². The van der Waals surface area contributed by atoms with Gasteiger partial charge in [0.05, 0.1) is 5.54 Å². The second-order valence-electron chi connectivity index (χ2n) is 4.82. The first kappa shape index (κ1) is 36.0. The van der Waals surface area contributed by atoms with Gasteiger partial charge in [-0.05, 0) is 41.5 Å². The van der Waals surface area contributed by atoms with Crippen LogP contribution in [-0.2, 0) is 14.4 Å². The Bertz CT molecular complexity index is 221. The number of hydrogen-bond acceptors (Lipinski definition) is 5. The molecule has 0 rings (SSSR count). The van der Waals surface area contributed by atoms with Crippen molar-refractivity contribution in [2.75, 3.05) is 0 Å². The molecule has 0 saturated carbocycles. The molecule has 0 aliphatic carbocycles. The molecule has 4 N–H and O–H groups in total. The minimum absolute atomic E-state index is 0. The van der Waals surface area contributed by atoms with E-state index >= 15 is 0 Å². The standard InChI is InChI=1S/C5H9NO.C4H11N.CO2.2CH4.H2O/c1-5(2,3)6-4-7;1-4(2,3)5;2-1-3;;;/h1-3H3;5H2,1-3H3;;2*1H4;1H2. The van der Waals surface area contributed by atoms with Crippen molar-refractivity contribution in [3.63, 3.8) is 0 Å². The fourth-order valence-corrected chi connectivity index (χ4v) is 0.137. The number of nitrogens with two attached hydrogens (primary N) is 1. The van der Waals surface area contributed by atoms with E-state index in [1.54, 1.807) is 0 Å². The van der Waals surface area contributed by atoms with Crippen LogP contribution in [0.2, 0.25) is 0 Å². The summed E-state index contributed by atoms with van der Waals surface area (Å²) in [7, 11) is 0. The average molecular weight is 266 g/mol. The lowest BCUT2D eigenvalue weighted by atomic mass is 10.1. The molecule has 112 valence electrons. The highest BCUT2D eigenvalue weighted by atomic mass is 16.2. The zero-order valence-electron chi connectivity index (χ0n) is 10.7. The van der Waals surface area contributed by atoms with E-state index in [1.807, 2.05) is 41.5 Å². The highest BCUT2D eigenvalue weighted by molar-refractivity contribution is 5.34. The molecular formula is C12H30N2O4. The SMILES string of the molecule is C.C.CC(C)(C)N.CC(C)(C)N=C=O.O.O=C=O. The van der Waals surface area contributed by atoms with Gasteiger partial charge in [0.25, 0.3) is 0 Å². The Morgan fingerprint density at radius 1 is 0.889 bits per heavy atom. The van der Waals surface area contributed by atoms with Crippen LogP contribution in [-0.4, -0.2) is 28.8 Å². The van der Waals surface area contributed by atoms with E-state index in [-0.39, 0.29) is 37.6 Å². The molecule has 0 aliphatic heterocycles. The van der Waals surface area contributed by atoms with E-state index in [9.17, 15) is 4.79 Å².